The van der Waals surface area contributed by atoms with Crippen molar-refractivity contribution in [1.82, 2.24) is 5.32 Å². The van der Waals surface area contributed by atoms with Crippen LogP contribution in [0.1, 0.15) is 12.0 Å². The molecule has 0 aliphatic heterocycles. The standard InChI is InChI=1S/C12H18BrNO3S/c1-17-11-7-9(6-10(13)12(11)15)8-14-4-3-5-18(2)16/h6-7,14-15H,3-5,8H2,1-2H3. The molecule has 0 saturated heterocycles. The summed E-state index contributed by atoms with van der Waals surface area (Å²) >= 11 is 3.28. The highest BCUT2D eigenvalue weighted by atomic mass is 79.9. The minimum atomic E-state index is -0.726. The highest BCUT2D eigenvalue weighted by Crippen LogP contribution is 2.35. The number of aromatic hydroxyl groups is 1. The van der Waals surface area contributed by atoms with Crippen molar-refractivity contribution in [3.05, 3.63) is 22.2 Å². The first-order valence-corrected chi connectivity index (χ1v) is 8.12. The van der Waals surface area contributed by atoms with E-state index in [2.05, 4.69) is 21.2 Å². The van der Waals surface area contributed by atoms with E-state index in [1.54, 1.807) is 12.3 Å². The summed E-state index contributed by atoms with van der Waals surface area (Å²) in [6.07, 6.45) is 2.60. The Hall–Kier alpha value is -0.590. The van der Waals surface area contributed by atoms with Gasteiger partial charge in [0.15, 0.2) is 11.5 Å². The lowest BCUT2D eigenvalue weighted by molar-refractivity contribution is 0.371. The van der Waals surface area contributed by atoms with E-state index < -0.39 is 10.8 Å². The molecule has 0 amide bonds. The zero-order valence-electron chi connectivity index (χ0n) is 10.5. The fourth-order valence-electron chi connectivity index (χ4n) is 1.52. The van der Waals surface area contributed by atoms with E-state index in [-0.39, 0.29) is 5.75 Å². The molecular weight excluding hydrogens is 318 g/mol. The highest BCUT2D eigenvalue weighted by molar-refractivity contribution is 9.10. The molecule has 0 spiro atoms. The van der Waals surface area contributed by atoms with E-state index >= 15 is 0 Å². The maximum atomic E-state index is 10.9. The zero-order chi connectivity index (χ0) is 13.5. The maximum absolute atomic E-state index is 10.9. The lowest BCUT2D eigenvalue weighted by atomic mass is 10.2. The summed E-state index contributed by atoms with van der Waals surface area (Å²) in [6.45, 7) is 1.51. The molecular formula is C12H18BrNO3S. The Labute approximate surface area is 118 Å². The van der Waals surface area contributed by atoms with Crippen LogP contribution >= 0.6 is 15.9 Å². The second-order valence-electron chi connectivity index (χ2n) is 3.94. The smallest absolute Gasteiger partial charge is 0.172 e. The number of hydrogen-bond acceptors (Lipinski definition) is 4. The lowest BCUT2D eigenvalue weighted by Crippen LogP contribution is -2.16. The molecule has 6 heteroatoms. The second-order valence-corrected chi connectivity index (χ2v) is 6.35. The van der Waals surface area contributed by atoms with E-state index in [1.807, 2.05) is 6.07 Å². The van der Waals surface area contributed by atoms with Crippen LogP contribution in [0.2, 0.25) is 0 Å². The van der Waals surface area contributed by atoms with Gasteiger partial charge in [0.2, 0.25) is 0 Å². The van der Waals surface area contributed by atoms with Crippen molar-refractivity contribution < 1.29 is 14.1 Å². The molecule has 1 aromatic carbocycles. The summed E-state index contributed by atoms with van der Waals surface area (Å²) in [5, 5.41) is 12.9. The molecule has 18 heavy (non-hydrogen) atoms. The largest absolute Gasteiger partial charge is 0.503 e. The Balaban J connectivity index is 2.47. The number of benzene rings is 1. The van der Waals surface area contributed by atoms with Gasteiger partial charge in [-0.05, 0) is 46.6 Å². The molecule has 4 nitrogen and oxygen atoms in total. The van der Waals surface area contributed by atoms with Crippen LogP contribution in [0.15, 0.2) is 16.6 Å². The predicted octanol–water partition coefficient (Wildman–Crippen LogP) is 2.02. The summed E-state index contributed by atoms with van der Waals surface area (Å²) in [7, 11) is 0.797. The molecule has 0 bridgehead atoms. The lowest BCUT2D eigenvalue weighted by Gasteiger charge is -2.09. The highest BCUT2D eigenvalue weighted by Gasteiger charge is 2.08. The molecule has 1 rings (SSSR count). The van der Waals surface area contributed by atoms with Crippen LogP contribution in [0, 0.1) is 0 Å². The van der Waals surface area contributed by atoms with Crippen LogP contribution in [-0.4, -0.2) is 35.0 Å². The van der Waals surface area contributed by atoms with Crippen LogP contribution in [0.3, 0.4) is 0 Å². The summed E-state index contributed by atoms with van der Waals surface area (Å²) in [5.41, 5.74) is 1.02. The molecule has 1 aromatic rings. The normalized spacial score (nSPS) is 12.4. The van der Waals surface area contributed by atoms with Gasteiger partial charge in [-0.3, -0.25) is 4.21 Å². The van der Waals surface area contributed by atoms with E-state index in [1.165, 1.54) is 7.11 Å². The Morgan fingerprint density at radius 3 is 2.83 bits per heavy atom. The van der Waals surface area contributed by atoms with Crippen LogP contribution < -0.4 is 10.1 Å². The summed E-state index contributed by atoms with van der Waals surface area (Å²) < 4.78 is 16.6. The molecule has 0 heterocycles. The average molecular weight is 336 g/mol. The molecule has 102 valence electrons. The van der Waals surface area contributed by atoms with Crippen molar-refractivity contribution in [2.24, 2.45) is 0 Å². The van der Waals surface area contributed by atoms with Gasteiger partial charge < -0.3 is 15.2 Å². The van der Waals surface area contributed by atoms with Crippen LogP contribution in [-0.2, 0) is 17.3 Å². The van der Waals surface area contributed by atoms with E-state index in [0.717, 1.165) is 24.3 Å². The number of rotatable bonds is 7. The molecule has 0 aromatic heterocycles. The first-order valence-electron chi connectivity index (χ1n) is 5.60. The predicted molar refractivity (Wildman–Crippen MR) is 77.6 cm³/mol. The van der Waals surface area contributed by atoms with Crippen LogP contribution in [0.25, 0.3) is 0 Å². The summed E-state index contributed by atoms with van der Waals surface area (Å²) in [4.78, 5) is 0. The minimum Gasteiger partial charge on any atom is -0.503 e. The Bertz CT molecular complexity index is 426. The fraction of sp³-hybridized carbons (Fsp3) is 0.500. The molecule has 0 radical (unpaired) electrons. The zero-order valence-corrected chi connectivity index (χ0v) is 12.9. The van der Waals surface area contributed by atoms with Gasteiger partial charge in [0.05, 0.1) is 11.6 Å². The Morgan fingerprint density at radius 2 is 2.22 bits per heavy atom. The quantitative estimate of drug-likeness (QED) is 0.748. The third-order valence-corrected chi connectivity index (χ3v) is 3.89. The van der Waals surface area contributed by atoms with Crippen molar-refractivity contribution in [2.75, 3.05) is 25.7 Å². The van der Waals surface area contributed by atoms with Gasteiger partial charge in [-0.1, -0.05) is 0 Å². The molecule has 1 atom stereocenters. The third kappa shape index (κ3) is 4.96. The minimum absolute atomic E-state index is 0.114. The van der Waals surface area contributed by atoms with Gasteiger partial charge in [-0.15, -0.1) is 0 Å². The number of methoxy groups -OCH3 is 1. The number of nitrogens with one attached hydrogen (secondary N) is 1. The molecule has 0 saturated carbocycles. The van der Waals surface area contributed by atoms with Crippen LogP contribution in [0.4, 0.5) is 0 Å². The number of phenols is 1. The summed E-state index contributed by atoms with van der Waals surface area (Å²) in [5.74, 6) is 1.29. The average Bonchev–Trinajstić information content (AvgIpc) is 2.32. The monoisotopic (exact) mass is 335 g/mol. The Kier molecular flexibility index (Phi) is 6.67. The molecule has 0 aliphatic carbocycles. The number of hydrogen-bond donors (Lipinski definition) is 2. The Morgan fingerprint density at radius 1 is 1.50 bits per heavy atom. The van der Waals surface area contributed by atoms with Crippen LogP contribution in [0.5, 0.6) is 11.5 Å². The SMILES string of the molecule is COc1cc(CNCCCS(C)=O)cc(Br)c1O. The van der Waals surface area contributed by atoms with Crippen molar-refractivity contribution in [3.63, 3.8) is 0 Å². The van der Waals surface area contributed by atoms with Crippen molar-refractivity contribution >= 4 is 26.7 Å². The first kappa shape index (κ1) is 15.5. The van der Waals surface area contributed by atoms with E-state index in [9.17, 15) is 9.32 Å². The van der Waals surface area contributed by atoms with Gasteiger partial charge in [-0.2, -0.15) is 0 Å². The van der Waals surface area contributed by atoms with E-state index in [4.69, 9.17) is 4.74 Å². The van der Waals surface area contributed by atoms with Gasteiger partial charge >= 0.3 is 0 Å². The van der Waals surface area contributed by atoms with Crippen molar-refractivity contribution in [1.29, 1.82) is 0 Å². The topological polar surface area (TPSA) is 58.6 Å². The van der Waals surface area contributed by atoms with Crippen molar-refractivity contribution in [3.8, 4) is 11.5 Å². The van der Waals surface area contributed by atoms with Gasteiger partial charge in [0.25, 0.3) is 0 Å². The molecule has 1 unspecified atom stereocenters. The fourth-order valence-corrected chi connectivity index (χ4v) is 2.56. The number of halogens is 1. The molecule has 2 N–H and O–H groups in total. The summed E-state index contributed by atoms with van der Waals surface area (Å²) in [6, 6.07) is 3.65. The number of ether oxygens (including phenoxy) is 1. The van der Waals surface area contributed by atoms with E-state index in [0.29, 0.717) is 16.8 Å². The van der Waals surface area contributed by atoms with Gasteiger partial charge in [0, 0.05) is 29.4 Å². The molecule has 0 aliphatic rings. The second kappa shape index (κ2) is 7.76. The van der Waals surface area contributed by atoms with Gasteiger partial charge in [0.1, 0.15) is 0 Å². The maximum Gasteiger partial charge on any atom is 0.172 e. The molecule has 0 fully saturated rings. The van der Waals surface area contributed by atoms with Gasteiger partial charge in [-0.25, -0.2) is 0 Å². The van der Waals surface area contributed by atoms with Crippen molar-refractivity contribution in [2.45, 2.75) is 13.0 Å². The number of phenolic OH excluding ortho intramolecular Hbond substituents is 1. The third-order valence-electron chi connectivity index (χ3n) is 2.42. The first-order chi connectivity index (χ1) is 8.54.